The van der Waals surface area contributed by atoms with Crippen molar-refractivity contribution in [1.82, 2.24) is 15.3 Å². The minimum Gasteiger partial charge on any atom is -0.497 e. The molecule has 0 amide bonds. The predicted octanol–water partition coefficient (Wildman–Crippen LogP) is 4.33. The summed E-state index contributed by atoms with van der Waals surface area (Å²) in [5.41, 5.74) is 1.87. The van der Waals surface area contributed by atoms with Gasteiger partial charge in [-0.2, -0.15) is 4.98 Å². The summed E-state index contributed by atoms with van der Waals surface area (Å²) < 4.78 is 16.2. The molecule has 0 bridgehead atoms. The molecule has 3 aromatic rings. The van der Waals surface area contributed by atoms with Crippen molar-refractivity contribution in [3.8, 4) is 17.4 Å². The van der Waals surface area contributed by atoms with E-state index >= 15 is 0 Å². The van der Waals surface area contributed by atoms with Crippen molar-refractivity contribution in [2.24, 2.45) is 0 Å². The van der Waals surface area contributed by atoms with E-state index in [-0.39, 0.29) is 5.41 Å². The number of methoxy groups -OCH3 is 1. The molecule has 4 rings (SSSR count). The maximum Gasteiger partial charge on any atom is 0.296 e. The Morgan fingerprint density at radius 3 is 2.76 bits per heavy atom. The third-order valence-electron chi connectivity index (χ3n) is 5.08. The summed E-state index contributed by atoms with van der Waals surface area (Å²) in [4.78, 5) is 4.59. The summed E-state index contributed by atoms with van der Waals surface area (Å²) in [7, 11) is 1.67. The van der Waals surface area contributed by atoms with Gasteiger partial charge in [-0.15, -0.1) is 0 Å². The van der Waals surface area contributed by atoms with Gasteiger partial charge in [0.15, 0.2) is 5.82 Å². The lowest BCUT2D eigenvalue weighted by Crippen LogP contribution is -2.10. The first-order valence-electron chi connectivity index (χ1n) is 8.62. The van der Waals surface area contributed by atoms with E-state index in [1.165, 1.54) is 0 Å². The molecule has 2 aromatic heterocycles. The molecule has 1 atom stereocenters. The standard InChI is InChI=1S/C19H21N3O3/c1-4-12(2)15-11-16(24-21-15)17-20-18(22-25-17)19(8-9-19)13-6-5-7-14(10-13)23-3/h5-7,10-12H,4,8-9H2,1-3H3. The number of hydrogen-bond donors (Lipinski definition) is 0. The second kappa shape index (κ2) is 6.02. The highest BCUT2D eigenvalue weighted by Gasteiger charge is 2.50. The molecule has 1 unspecified atom stereocenters. The number of ether oxygens (including phenoxy) is 1. The first-order chi connectivity index (χ1) is 12.2. The van der Waals surface area contributed by atoms with Gasteiger partial charge in [-0.05, 0) is 37.0 Å². The fourth-order valence-corrected chi connectivity index (χ4v) is 3.04. The van der Waals surface area contributed by atoms with Gasteiger partial charge in [-0.25, -0.2) is 0 Å². The minimum atomic E-state index is -0.185. The first kappa shape index (κ1) is 15.9. The molecule has 1 saturated carbocycles. The van der Waals surface area contributed by atoms with Crippen LogP contribution in [0.3, 0.4) is 0 Å². The highest BCUT2D eigenvalue weighted by atomic mass is 16.5. The Labute approximate surface area is 146 Å². The van der Waals surface area contributed by atoms with Crippen LogP contribution in [0.4, 0.5) is 0 Å². The summed E-state index contributed by atoms with van der Waals surface area (Å²) in [6.45, 7) is 4.23. The number of nitrogens with zero attached hydrogens (tertiary/aromatic N) is 3. The van der Waals surface area contributed by atoms with Gasteiger partial charge in [-0.3, -0.25) is 0 Å². The maximum atomic E-state index is 5.46. The molecule has 0 aliphatic heterocycles. The lowest BCUT2D eigenvalue weighted by molar-refractivity contribution is 0.375. The molecule has 130 valence electrons. The van der Waals surface area contributed by atoms with Gasteiger partial charge >= 0.3 is 0 Å². The largest absolute Gasteiger partial charge is 0.497 e. The van der Waals surface area contributed by atoms with Crippen LogP contribution in [0.2, 0.25) is 0 Å². The lowest BCUT2D eigenvalue weighted by atomic mass is 9.95. The van der Waals surface area contributed by atoms with Crippen molar-refractivity contribution in [2.45, 2.75) is 44.4 Å². The van der Waals surface area contributed by atoms with E-state index in [2.05, 4.69) is 35.2 Å². The van der Waals surface area contributed by atoms with Gasteiger partial charge in [0.2, 0.25) is 5.76 Å². The second-order valence-electron chi connectivity index (χ2n) is 6.66. The Balaban J connectivity index is 1.64. The van der Waals surface area contributed by atoms with Crippen LogP contribution in [0, 0.1) is 0 Å². The van der Waals surface area contributed by atoms with Crippen LogP contribution >= 0.6 is 0 Å². The molecule has 1 fully saturated rings. The molecule has 6 nitrogen and oxygen atoms in total. The molecule has 2 heterocycles. The second-order valence-corrected chi connectivity index (χ2v) is 6.66. The Bertz CT molecular complexity index is 879. The normalized spacial score (nSPS) is 16.6. The fourth-order valence-electron chi connectivity index (χ4n) is 3.04. The average molecular weight is 339 g/mol. The highest BCUT2D eigenvalue weighted by Crippen LogP contribution is 2.53. The maximum absolute atomic E-state index is 5.46. The minimum absolute atomic E-state index is 0.185. The SMILES string of the molecule is CCC(C)c1cc(-c2nc(C3(c4cccc(OC)c4)CC3)no2)on1. The van der Waals surface area contributed by atoms with E-state index in [0.717, 1.165) is 36.3 Å². The third-order valence-corrected chi connectivity index (χ3v) is 5.08. The van der Waals surface area contributed by atoms with Crippen LogP contribution < -0.4 is 4.74 Å². The molecule has 0 radical (unpaired) electrons. The van der Waals surface area contributed by atoms with E-state index in [4.69, 9.17) is 13.8 Å². The zero-order valence-corrected chi connectivity index (χ0v) is 14.7. The summed E-state index contributed by atoms with van der Waals surface area (Å²) in [5, 5.41) is 8.33. The van der Waals surface area contributed by atoms with Gasteiger partial charge in [0.05, 0.1) is 18.2 Å². The van der Waals surface area contributed by atoms with Gasteiger partial charge in [-0.1, -0.05) is 36.3 Å². The molecular formula is C19H21N3O3. The van der Waals surface area contributed by atoms with E-state index in [1.807, 2.05) is 24.3 Å². The number of benzene rings is 1. The number of hydrogen-bond acceptors (Lipinski definition) is 6. The summed E-state index contributed by atoms with van der Waals surface area (Å²) in [5.74, 6) is 2.77. The molecule has 1 aliphatic rings. The van der Waals surface area contributed by atoms with Crippen molar-refractivity contribution in [2.75, 3.05) is 7.11 Å². The monoisotopic (exact) mass is 339 g/mol. The molecule has 0 N–H and O–H groups in total. The van der Waals surface area contributed by atoms with Crippen molar-refractivity contribution in [3.05, 3.63) is 47.4 Å². The fraction of sp³-hybridized carbons (Fsp3) is 0.421. The van der Waals surface area contributed by atoms with Crippen LogP contribution in [-0.4, -0.2) is 22.4 Å². The Kier molecular flexibility index (Phi) is 3.82. The smallest absolute Gasteiger partial charge is 0.296 e. The van der Waals surface area contributed by atoms with Crippen molar-refractivity contribution < 1.29 is 13.8 Å². The quantitative estimate of drug-likeness (QED) is 0.665. The van der Waals surface area contributed by atoms with Crippen molar-refractivity contribution in [3.63, 3.8) is 0 Å². The van der Waals surface area contributed by atoms with Crippen LogP contribution in [0.25, 0.3) is 11.7 Å². The van der Waals surface area contributed by atoms with Crippen LogP contribution in [-0.2, 0) is 5.41 Å². The average Bonchev–Trinajstić information content (AvgIpc) is 3.09. The van der Waals surface area contributed by atoms with E-state index in [1.54, 1.807) is 7.11 Å². The Hall–Kier alpha value is -2.63. The topological polar surface area (TPSA) is 74.2 Å². The predicted molar refractivity (Wildman–Crippen MR) is 91.5 cm³/mol. The summed E-state index contributed by atoms with van der Waals surface area (Å²) in [6, 6.07) is 9.94. The van der Waals surface area contributed by atoms with Crippen molar-refractivity contribution in [1.29, 1.82) is 0 Å². The first-order valence-corrected chi connectivity index (χ1v) is 8.62. The summed E-state index contributed by atoms with van der Waals surface area (Å²) in [6.07, 6.45) is 2.99. The Morgan fingerprint density at radius 2 is 2.04 bits per heavy atom. The molecule has 0 saturated heterocycles. The van der Waals surface area contributed by atoms with Crippen LogP contribution in [0.1, 0.15) is 56.1 Å². The van der Waals surface area contributed by atoms with Crippen molar-refractivity contribution >= 4 is 0 Å². The zero-order chi connectivity index (χ0) is 17.4. The lowest BCUT2D eigenvalue weighted by Gasteiger charge is -2.12. The molecule has 25 heavy (non-hydrogen) atoms. The van der Waals surface area contributed by atoms with E-state index in [9.17, 15) is 0 Å². The van der Waals surface area contributed by atoms with E-state index in [0.29, 0.717) is 23.4 Å². The third kappa shape index (κ3) is 2.71. The summed E-state index contributed by atoms with van der Waals surface area (Å²) >= 11 is 0. The van der Waals surface area contributed by atoms with Gasteiger partial charge in [0.1, 0.15) is 5.75 Å². The number of aromatic nitrogens is 3. The van der Waals surface area contributed by atoms with Gasteiger partial charge < -0.3 is 13.8 Å². The van der Waals surface area contributed by atoms with E-state index < -0.39 is 0 Å². The zero-order valence-electron chi connectivity index (χ0n) is 14.7. The van der Waals surface area contributed by atoms with Crippen LogP contribution in [0.5, 0.6) is 5.75 Å². The van der Waals surface area contributed by atoms with Gasteiger partial charge in [0.25, 0.3) is 5.89 Å². The molecule has 0 spiro atoms. The highest BCUT2D eigenvalue weighted by molar-refractivity contribution is 5.47. The number of rotatable bonds is 6. The van der Waals surface area contributed by atoms with Gasteiger partial charge in [0, 0.05) is 12.0 Å². The molecular weight excluding hydrogens is 318 g/mol. The Morgan fingerprint density at radius 1 is 1.20 bits per heavy atom. The molecule has 6 heteroatoms. The molecule has 1 aliphatic carbocycles. The van der Waals surface area contributed by atoms with Crippen LogP contribution in [0.15, 0.2) is 39.4 Å². The molecule has 1 aromatic carbocycles.